The molecule has 2 aromatic carbocycles. The van der Waals surface area contributed by atoms with Gasteiger partial charge in [-0.15, -0.1) is 0 Å². The highest BCUT2D eigenvalue weighted by molar-refractivity contribution is 6.02. The van der Waals surface area contributed by atoms with Crippen LogP contribution >= 0.6 is 0 Å². The second-order valence-corrected chi connectivity index (χ2v) is 4.36. The van der Waals surface area contributed by atoms with Crippen LogP contribution in [0.1, 0.15) is 10.5 Å². The van der Waals surface area contributed by atoms with Gasteiger partial charge in [0, 0.05) is 11.9 Å². The van der Waals surface area contributed by atoms with Crippen molar-refractivity contribution in [3.05, 3.63) is 72.6 Å². The van der Waals surface area contributed by atoms with E-state index in [-0.39, 0.29) is 5.91 Å². The molecule has 0 aliphatic carbocycles. The number of hydrogen-bond donors (Lipinski definition) is 2. The first-order valence-electron chi connectivity index (χ1n) is 6.29. The lowest BCUT2D eigenvalue weighted by molar-refractivity contribution is 0.102. The molecule has 1 heterocycles. The number of rotatable bonds is 3. The molecule has 0 aliphatic heterocycles. The van der Waals surface area contributed by atoms with Gasteiger partial charge in [-0.1, -0.05) is 42.5 Å². The molecule has 0 radical (unpaired) electrons. The summed E-state index contributed by atoms with van der Waals surface area (Å²) in [6.07, 6.45) is 1.62. The first-order valence-corrected chi connectivity index (χ1v) is 6.29. The lowest BCUT2D eigenvalue weighted by Gasteiger charge is -2.05. The van der Waals surface area contributed by atoms with Gasteiger partial charge in [-0.2, -0.15) is 5.10 Å². The van der Waals surface area contributed by atoms with E-state index in [9.17, 15) is 4.79 Å². The van der Waals surface area contributed by atoms with Crippen LogP contribution in [0.25, 0.3) is 11.1 Å². The zero-order chi connectivity index (χ0) is 13.8. The SMILES string of the molecule is O=C(Nc1ccc(-c2ccccc2)cc1)c1cc[nH]n1. The summed E-state index contributed by atoms with van der Waals surface area (Å²) in [5, 5.41) is 9.26. The summed E-state index contributed by atoms with van der Waals surface area (Å²) in [6.45, 7) is 0. The lowest BCUT2D eigenvalue weighted by Crippen LogP contribution is -2.12. The van der Waals surface area contributed by atoms with E-state index in [1.54, 1.807) is 12.3 Å². The Hall–Kier alpha value is -2.88. The minimum absolute atomic E-state index is 0.223. The van der Waals surface area contributed by atoms with E-state index in [1.165, 1.54) is 0 Å². The largest absolute Gasteiger partial charge is 0.321 e. The molecule has 0 aliphatic rings. The molecule has 2 N–H and O–H groups in total. The Balaban J connectivity index is 1.75. The number of aromatic nitrogens is 2. The fourth-order valence-electron chi connectivity index (χ4n) is 1.96. The third kappa shape index (κ3) is 2.59. The van der Waals surface area contributed by atoms with Crippen molar-refractivity contribution in [3.8, 4) is 11.1 Å². The summed E-state index contributed by atoms with van der Waals surface area (Å²) in [5.74, 6) is -0.223. The lowest BCUT2D eigenvalue weighted by atomic mass is 10.1. The molecule has 0 fully saturated rings. The van der Waals surface area contributed by atoms with Gasteiger partial charge in [0.15, 0.2) is 0 Å². The normalized spacial score (nSPS) is 10.2. The molecule has 0 saturated carbocycles. The van der Waals surface area contributed by atoms with Crippen molar-refractivity contribution in [1.82, 2.24) is 10.2 Å². The molecule has 3 aromatic rings. The predicted octanol–water partition coefficient (Wildman–Crippen LogP) is 3.33. The number of nitrogens with one attached hydrogen (secondary N) is 2. The number of carbonyl (C=O) groups is 1. The molecule has 1 aromatic heterocycles. The number of anilines is 1. The molecule has 0 unspecified atom stereocenters. The van der Waals surface area contributed by atoms with Crippen LogP contribution in [0.2, 0.25) is 0 Å². The molecule has 0 saturated heterocycles. The average Bonchev–Trinajstić information content (AvgIpc) is 3.03. The molecule has 98 valence electrons. The smallest absolute Gasteiger partial charge is 0.276 e. The molecule has 3 rings (SSSR count). The maximum atomic E-state index is 11.8. The summed E-state index contributed by atoms with van der Waals surface area (Å²) in [6, 6.07) is 19.5. The summed E-state index contributed by atoms with van der Waals surface area (Å²) in [4.78, 5) is 11.8. The van der Waals surface area contributed by atoms with Crippen molar-refractivity contribution in [2.24, 2.45) is 0 Å². The molecule has 20 heavy (non-hydrogen) atoms. The Morgan fingerprint density at radius 2 is 1.60 bits per heavy atom. The molecule has 1 amide bonds. The Morgan fingerprint density at radius 1 is 0.900 bits per heavy atom. The van der Waals surface area contributed by atoms with E-state index >= 15 is 0 Å². The first kappa shape index (κ1) is 12.2. The molecular weight excluding hydrogens is 250 g/mol. The monoisotopic (exact) mass is 263 g/mol. The predicted molar refractivity (Wildman–Crippen MR) is 78.4 cm³/mol. The number of amides is 1. The molecular formula is C16H13N3O. The number of nitrogens with zero attached hydrogens (tertiary/aromatic N) is 1. The van der Waals surface area contributed by atoms with Crippen molar-refractivity contribution in [2.75, 3.05) is 5.32 Å². The van der Waals surface area contributed by atoms with Gasteiger partial charge in [0.25, 0.3) is 5.91 Å². The van der Waals surface area contributed by atoms with Gasteiger partial charge >= 0.3 is 0 Å². The first-order chi connectivity index (χ1) is 9.83. The number of benzene rings is 2. The van der Waals surface area contributed by atoms with Crippen LogP contribution in [0.3, 0.4) is 0 Å². The van der Waals surface area contributed by atoms with Crippen LogP contribution in [0.5, 0.6) is 0 Å². The van der Waals surface area contributed by atoms with Gasteiger partial charge in [0.1, 0.15) is 5.69 Å². The fourth-order valence-corrected chi connectivity index (χ4v) is 1.96. The molecule has 4 nitrogen and oxygen atoms in total. The van der Waals surface area contributed by atoms with Crippen molar-refractivity contribution in [3.63, 3.8) is 0 Å². The fraction of sp³-hybridized carbons (Fsp3) is 0. The minimum Gasteiger partial charge on any atom is -0.321 e. The van der Waals surface area contributed by atoms with Gasteiger partial charge in [-0.25, -0.2) is 0 Å². The Labute approximate surface area is 116 Å². The Morgan fingerprint density at radius 3 is 2.25 bits per heavy atom. The highest BCUT2D eigenvalue weighted by atomic mass is 16.1. The van der Waals surface area contributed by atoms with E-state index in [1.807, 2.05) is 42.5 Å². The number of carbonyl (C=O) groups excluding carboxylic acids is 1. The second-order valence-electron chi connectivity index (χ2n) is 4.36. The molecule has 0 spiro atoms. The Bertz CT molecular complexity index is 688. The van der Waals surface area contributed by atoms with Crippen LogP contribution in [0, 0.1) is 0 Å². The van der Waals surface area contributed by atoms with E-state index in [2.05, 4.69) is 27.6 Å². The van der Waals surface area contributed by atoms with E-state index in [0.29, 0.717) is 5.69 Å². The number of hydrogen-bond acceptors (Lipinski definition) is 2. The van der Waals surface area contributed by atoms with Gasteiger partial charge in [-0.05, 0) is 29.3 Å². The van der Waals surface area contributed by atoms with Crippen LogP contribution < -0.4 is 5.32 Å². The quantitative estimate of drug-likeness (QED) is 0.761. The van der Waals surface area contributed by atoms with Crippen LogP contribution in [-0.4, -0.2) is 16.1 Å². The van der Waals surface area contributed by atoms with Gasteiger partial charge in [-0.3, -0.25) is 9.89 Å². The van der Waals surface area contributed by atoms with Gasteiger partial charge in [0.2, 0.25) is 0 Å². The summed E-state index contributed by atoms with van der Waals surface area (Å²) >= 11 is 0. The third-order valence-electron chi connectivity index (χ3n) is 2.98. The van der Waals surface area contributed by atoms with Crippen LogP contribution in [0.15, 0.2) is 66.9 Å². The summed E-state index contributed by atoms with van der Waals surface area (Å²) in [7, 11) is 0. The van der Waals surface area contributed by atoms with Crippen LogP contribution in [0.4, 0.5) is 5.69 Å². The summed E-state index contributed by atoms with van der Waals surface area (Å²) in [5.41, 5.74) is 3.39. The van der Waals surface area contributed by atoms with Gasteiger partial charge in [0.05, 0.1) is 0 Å². The zero-order valence-corrected chi connectivity index (χ0v) is 10.7. The maximum Gasteiger partial charge on any atom is 0.276 e. The maximum absolute atomic E-state index is 11.8. The van der Waals surface area contributed by atoms with E-state index in [4.69, 9.17) is 0 Å². The zero-order valence-electron chi connectivity index (χ0n) is 10.7. The van der Waals surface area contributed by atoms with E-state index < -0.39 is 0 Å². The number of H-pyrrole nitrogens is 1. The topological polar surface area (TPSA) is 57.8 Å². The second kappa shape index (κ2) is 5.40. The highest BCUT2D eigenvalue weighted by Crippen LogP contribution is 2.21. The Kier molecular flexibility index (Phi) is 3.29. The number of aromatic amines is 1. The summed E-state index contributed by atoms with van der Waals surface area (Å²) < 4.78 is 0. The third-order valence-corrected chi connectivity index (χ3v) is 2.98. The molecule has 0 bridgehead atoms. The van der Waals surface area contributed by atoms with Crippen molar-refractivity contribution < 1.29 is 4.79 Å². The highest BCUT2D eigenvalue weighted by Gasteiger charge is 2.07. The minimum atomic E-state index is -0.223. The van der Waals surface area contributed by atoms with Crippen molar-refractivity contribution >= 4 is 11.6 Å². The molecule has 0 atom stereocenters. The molecule has 4 heteroatoms. The standard InChI is InChI=1S/C16H13N3O/c20-16(15-10-11-17-19-15)18-14-8-6-13(7-9-14)12-4-2-1-3-5-12/h1-11H,(H,17,19)(H,18,20). The van der Waals surface area contributed by atoms with Crippen molar-refractivity contribution in [2.45, 2.75) is 0 Å². The average molecular weight is 263 g/mol. The van der Waals surface area contributed by atoms with E-state index in [0.717, 1.165) is 16.8 Å². The van der Waals surface area contributed by atoms with Crippen molar-refractivity contribution in [1.29, 1.82) is 0 Å². The van der Waals surface area contributed by atoms with Gasteiger partial charge < -0.3 is 5.32 Å². The van der Waals surface area contributed by atoms with Crippen LogP contribution in [-0.2, 0) is 0 Å².